The lowest BCUT2D eigenvalue weighted by Crippen LogP contribution is -2.60. The van der Waals surface area contributed by atoms with E-state index in [1.165, 1.54) is 13.0 Å². The molecule has 1 rings (SSSR count). The average Bonchev–Trinajstić information content (AvgIpc) is 1.82. The van der Waals surface area contributed by atoms with Crippen LogP contribution in [-0.2, 0) is 0 Å². The molecule has 3 N–H and O–H groups in total. The fraction of sp³-hybridized carbons (Fsp3) is 0.857. The maximum Gasteiger partial charge on any atom is 0.163 e. The fourth-order valence-corrected chi connectivity index (χ4v) is 1.53. The molecule has 4 heteroatoms. The molecule has 0 aromatic heterocycles. The quantitative estimate of drug-likeness (QED) is 0.585. The van der Waals surface area contributed by atoms with Crippen molar-refractivity contribution in [3.05, 3.63) is 0 Å². The number of nitrogens with zero attached hydrogens (tertiary/aromatic N) is 1. The van der Waals surface area contributed by atoms with Crippen molar-refractivity contribution in [2.75, 3.05) is 19.6 Å². The van der Waals surface area contributed by atoms with E-state index in [1.54, 1.807) is 0 Å². The molecule has 64 valence electrons. The summed E-state index contributed by atoms with van der Waals surface area (Å²) in [6.45, 7) is 5.56. The van der Waals surface area contributed by atoms with Crippen LogP contribution in [0.2, 0.25) is 0 Å². The molecule has 1 heterocycles. The van der Waals surface area contributed by atoms with Gasteiger partial charge in [-0.2, -0.15) is 0 Å². The first-order valence-corrected chi connectivity index (χ1v) is 4.41. The summed E-state index contributed by atoms with van der Waals surface area (Å²) < 4.78 is 0. The molecular weight excluding hydrogens is 158 g/mol. The topological polar surface area (TPSA) is 41.3 Å². The van der Waals surface area contributed by atoms with E-state index < -0.39 is 0 Å². The molecule has 0 aromatic carbocycles. The molecule has 0 radical (unpaired) electrons. The summed E-state index contributed by atoms with van der Waals surface area (Å²) in [5.74, 6) is 0. The average molecular weight is 173 g/mol. The Bertz CT molecular complexity index is 143. The van der Waals surface area contributed by atoms with Crippen LogP contribution in [-0.4, -0.2) is 35.7 Å². The van der Waals surface area contributed by atoms with E-state index in [0.29, 0.717) is 11.2 Å². The van der Waals surface area contributed by atoms with Crippen LogP contribution in [0.1, 0.15) is 13.3 Å². The summed E-state index contributed by atoms with van der Waals surface area (Å²) >= 11 is 4.72. The van der Waals surface area contributed by atoms with Crippen molar-refractivity contribution in [1.29, 1.82) is 0 Å². The second-order valence-electron chi connectivity index (χ2n) is 2.97. The molecule has 1 fully saturated rings. The van der Waals surface area contributed by atoms with Crippen molar-refractivity contribution in [1.82, 2.24) is 10.2 Å². The number of likely N-dealkylation sites (tertiary alicyclic amines) is 1. The molecule has 0 aliphatic carbocycles. The Kier molecular flexibility index (Phi) is 3.08. The van der Waals surface area contributed by atoms with Crippen molar-refractivity contribution >= 4 is 17.3 Å². The third-order valence-electron chi connectivity index (χ3n) is 1.84. The molecule has 1 saturated heterocycles. The molecule has 1 aliphatic heterocycles. The summed E-state index contributed by atoms with van der Waals surface area (Å²) in [6, 6.07) is 0.499. The summed E-state index contributed by atoms with van der Waals surface area (Å²) in [7, 11) is 0. The third-order valence-corrected chi connectivity index (χ3v) is 1.96. The standard InChI is InChI=1S/C7H15N3S/c1-2-3-10-4-6(5-10)9-7(8)11/h6H,2-5H2,1H3,(H3,8,9,11). The van der Waals surface area contributed by atoms with Gasteiger partial charge in [0.1, 0.15) is 0 Å². The van der Waals surface area contributed by atoms with Crippen molar-refractivity contribution < 1.29 is 0 Å². The minimum Gasteiger partial charge on any atom is -0.376 e. The van der Waals surface area contributed by atoms with E-state index in [9.17, 15) is 0 Å². The predicted octanol–water partition coefficient (Wildman–Crippen LogP) is -0.0862. The van der Waals surface area contributed by atoms with Gasteiger partial charge in [0.25, 0.3) is 0 Å². The predicted molar refractivity (Wildman–Crippen MR) is 50.4 cm³/mol. The van der Waals surface area contributed by atoms with E-state index in [1.807, 2.05) is 0 Å². The maximum absolute atomic E-state index is 5.32. The van der Waals surface area contributed by atoms with Gasteiger partial charge in [0.15, 0.2) is 5.11 Å². The Hall–Kier alpha value is -0.350. The lowest BCUT2D eigenvalue weighted by molar-refractivity contribution is 0.140. The van der Waals surface area contributed by atoms with Gasteiger partial charge in [-0.15, -0.1) is 0 Å². The Morgan fingerprint density at radius 2 is 2.36 bits per heavy atom. The van der Waals surface area contributed by atoms with E-state index in [2.05, 4.69) is 17.1 Å². The normalized spacial score (nSPS) is 19.4. The third kappa shape index (κ3) is 2.63. The lowest BCUT2D eigenvalue weighted by atomic mass is 10.1. The van der Waals surface area contributed by atoms with Crippen LogP contribution >= 0.6 is 12.2 Å². The van der Waals surface area contributed by atoms with E-state index in [0.717, 1.165) is 13.1 Å². The molecule has 3 nitrogen and oxygen atoms in total. The molecule has 0 atom stereocenters. The van der Waals surface area contributed by atoms with Gasteiger partial charge in [-0.1, -0.05) is 6.92 Å². The highest BCUT2D eigenvalue weighted by Gasteiger charge is 2.25. The van der Waals surface area contributed by atoms with Crippen molar-refractivity contribution in [3.8, 4) is 0 Å². The minimum atomic E-state index is 0.422. The van der Waals surface area contributed by atoms with Gasteiger partial charge in [-0.05, 0) is 25.2 Å². The molecule has 1 aliphatic rings. The Morgan fingerprint density at radius 3 is 2.82 bits per heavy atom. The smallest absolute Gasteiger partial charge is 0.163 e. The maximum atomic E-state index is 5.32. The summed E-state index contributed by atoms with van der Waals surface area (Å²) in [5.41, 5.74) is 5.32. The van der Waals surface area contributed by atoms with Crippen molar-refractivity contribution in [2.45, 2.75) is 19.4 Å². The zero-order valence-electron chi connectivity index (χ0n) is 6.84. The first-order chi connectivity index (χ1) is 5.22. The van der Waals surface area contributed by atoms with Gasteiger partial charge in [0, 0.05) is 13.1 Å². The first-order valence-electron chi connectivity index (χ1n) is 4.00. The second kappa shape index (κ2) is 3.88. The number of thiocarbonyl (C=S) groups is 1. The van der Waals surface area contributed by atoms with E-state index in [4.69, 9.17) is 18.0 Å². The summed E-state index contributed by atoms with van der Waals surface area (Å²) in [4.78, 5) is 2.38. The van der Waals surface area contributed by atoms with Crippen LogP contribution in [0.25, 0.3) is 0 Å². The molecule has 0 saturated carbocycles. The monoisotopic (exact) mass is 173 g/mol. The van der Waals surface area contributed by atoms with Crippen LogP contribution in [0.4, 0.5) is 0 Å². The number of rotatable bonds is 3. The lowest BCUT2D eigenvalue weighted by Gasteiger charge is -2.39. The van der Waals surface area contributed by atoms with Crippen molar-refractivity contribution in [3.63, 3.8) is 0 Å². The number of hydrogen-bond donors (Lipinski definition) is 2. The SMILES string of the molecule is CCCN1CC(NC(N)=S)C1. The van der Waals surface area contributed by atoms with Crippen LogP contribution in [0, 0.1) is 0 Å². The molecular formula is C7H15N3S. The molecule has 0 spiro atoms. The van der Waals surface area contributed by atoms with Gasteiger partial charge in [-0.25, -0.2) is 0 Å². The van der Waals surface area contributed by atoms with Crippen LogP contribution in [0.15, 0.2) is 0 Å². The van der Waals surface area contributed by atoms with E-state index in [-0.39, 0.29) is 0 Å². The van der Waals surface area contributed by atoms with Gasteiger partial charge in [-0.3, -0.25) is 4.90 Å². The number of nitrogens with one attached hydrogen (secondary N) is 1. The molecule has 0 aromatic rings. The van der Waals surface area contributed by atoms with Gasteiger partial charge >= 0.3 is 0 Å². The Balaban J connectivity index is 2.04. The highest BCUT2D eigenvalue weighted by molar-refractivity contribution is 7.80. The molecule has 0 bridgehead atoms. The van der Waals surface area contributed by atoms with Gasteiger partial charge in [0.2, 0.25) is 0 Å². The number of hydrogen-bond acceptors (Lipinski definition) is 2. The fourth-order valence-electron chi connectivity index (χ4n) is 1.36. The van der Waals surface area contributed by atoms with E-state index >= 15 is 0 Å². The molecule has 11 heavy (non-hydrogen) atoms. The Labute approximate surface area is 72.9 Å². The number of nitrogens with two attached hydrogens (primary N) is 1. The zero-order valence-corrected chi connectivity index (χ0v) is 7.66. The molecule has 0 amide bonds. The van der Waals surface area contributed by atoms with Gasteiger partial charge < -0.3 is 11.1 Å². The highest BCUT2D eigenvalue weighted by Crippen LogP contribution is 2.06. The van der Waals surface area contributed by atoms with Crippen LogP contribution in [0.3, 0.4) is 0 Å². The zero-order chi connectivity index (χ0) is 8.27. The first kappa shape index (κ1) is 8.74. The largest absolute Gasteiger partial charge is 0.376 e. The minimum absolute atomic E-state index is 0.422. The second-order valence-corrected chi connectivity index (χ2v) is 3.40. The van der Waals surface area contributed by atoms with Crippen LogP contribution < -0.4 is 11.1 Å². The highest BCUT2D eigenvalue weighted by atomic mass is 32.1. The van der Waals surface area contributed by atoms with Gasteiger partial charge in [0.05, 0.1) is 6.04 Å². The molecule has 0 unspecified atom stereocenters. The van der Waals surface area contributed by atoms with Crippen molar-refractivity contribution in [2.24, 2.45) is 5.73 Å². The summed E-state index contributed by atoms with van der Waals surface area (Å²) in [5, 5.41) is 3.46. The summed E-state index contributed by atoms with van der Waals surface area (Å²) in [6.07, 6.45) is 1.22. The Morgan fingerprint density at radius 1 is 1.73 bits per heavy atom. The van der Waals surface area contributed by atoms with Crippen LogP contribution in [0.5, 0.6) is 0 Å².